The Morgan fingerprint density at radius 1 is 1.46 bits per heavy atom. The molecule has 1 N–H and O–H groups in total. The summed E-state index contributed by atoms with van der Waals surface area (Å²) in [5, 5.41) is 10.5. The monoisotopic (exact) mass is 178 g/mol. The zero-order chi connectivity index (χ0) is 9.68. The van der Waals surface area contributed by atoms with Crippen molar-refractivity contribution >= 4 is 5.91 Å². The molecule has 0 atom stereocenters. The summed E-state index contributed by atoms with van der Waals surface area (Å²) in [4.78, 5) is 10.5. The molecule has 0 fully saturated rings. The zero-order valence-electron chi connectivity index (χ0n) is 6.75. The van der Waals surface area contributed by atoms with Crippen molar-refractivity contribution in [3.63, 3.8) is 0 Å². The van der Waals surface area contributed by atoms with E-state index in [1.54, 1.807) is 12.1 Å². The molecule has 0 radical (unpaired) electrons. The molecule has 4 heteroatoms. The number of halogens is 1. The maximum Gasteiger partial charge on any atom is 0.322 e. The Morgan fingerprint density at radius 3 is 2.62 bits per heavy atom. The van der Waals surface area contributed by atoms with Crippen molar-refractivity contribution in [1.29, 1.82) is 5.26 Å². The predicted octanol–water partition coefficient (Wildman–Crippen LogP) is 0.965. The van der Waals surface area contributed by atoms with Crippen LogP contribution >= 0.6 is 0 Å². The number of nitrogens with zero attached hydrogens (tertiary/aromatic N) is 1. The average molecular weight is 178 g/mol. The first kappa shape index (κ1) is 9.20. The lowest BCUT2D eigenvalue weighted by atomic mass is 10.2. The number of hydrogen-bond donors (Lipinski definition) is 1. The van der Waals surface area contributed by atoms with Crippen molar-refractivity contribution < 1.29 is 9.18 Å². The van der Waals surface area contributed by atoms with Gasteiger partial charge >= 0.3 is 5.91 Å². The van der Waals surface area contributed by atoms with Crippen molar-refractivity contribution in [2.45, 2.75) is 6.54 Å². The molecule has 0 heterocycles. The normalized spacial score (nSPS) is 8.92. The highest BCUT2D eigenvalue weighted by Crippen LogP contribution is 2.01. The number of benzene rings is 1. The molecule has 3 nitrogen and oxygen atoms in total. The Hall–Kier alpha value is -1.89. The van der Waals surface area contributed by atoms with Crippen LogP contribution in [-0.4, -0.2) is 5.91 Å². The van der Waals surface area contributed by atoms with Crippen LogP contribution in [0.5, 0.6) is 0 Å². The van der Waals surface area contributed by atoms with E-state index in [-0.39, 0.29) is 12.4 Å². The summed E-state index contributed by atoms with van der Waals surface area (Å²) in [5.41, 5.74) is 0.755. The van der Waals surface area contributed by atoms with E-state index in [0.717, 1.165) is 5.56 Å². The molecule has 0 aliphatic rings. The first-order valence-corrected chi connectivity index (χ1v) is 3.65. The Bertz CT molecular complexity index is 340. The number of nitriles is 1. The molecule has 0 aliphatic heterocycles. The first-order chi connectivity index (χ1) is 6.22. The van der Waals surface area contributed by atoms with Gasteiger partial charge in [0.05, 0.1) is 0 Å². The number of hydrogen-bond acceptors (Lipinski definition) is 2. The van der Waals surface area contributed by atoms with E-state index in [9.17, 15) is 9.18 Å². The van der Waals surface area contributed by atoms with Gasteiger partial charge in [0.25, 0.3) is 0 Å². The van der Waals surface area contributed by atoms with Gasteiger partial charge in [-0.05, 0) is 17.7 Å². The van der Waals surface area contributed by atoms with Crippen LogP contribution in [0.4, 0.5) is 4.39 Å². The highest BCUT2D eigenvalue weighted by atomic mass is 19.1. The van der Waals surface area contributed by atoms with E-state index >= 15 is 0 Å². The summed E-state index contributed by atoms with van der Waals surface area (Å²) in [7, 11) is 0. The van der Waals surface area contributed by atoms with Gasteiger partial charge in [0, 0.05) is 6.54 Å². The smallest absolute Gasteiger partial charge is 0.322 e. The van der Waals surface area contributed by atoms with Crippen molar-refractivity contribution in [2.24, 2.45) is 0 Å². The second-order valence-electron chi connectivity index (χ2n) is 2.42. The van der Waals surface area contributed by atoms with Crippen LogP contribution in [0.3, 0.4) is 0 Å². The lowest BCUT2D eigenvalue weighted by molar-refractivity contribution is -0.116. The SMILES string of the molecule is N#CC(=O)NCc1ccc(F)cc1. The molecule has 0 saturated heterocycles. The highest BCUT2D eigenvalue weighted by Gasteiger charge is 1.97. The van der Waals surface area contributed by atoms with E-state index < -0.39 is 5.91 Å². The lowest BCUT2D eigenvalue weighted by Gasteiger charge is -1.99. The van der Waals surface area contributed by atoms with Gasteiger partial charge in [-0.2, -0.15) is 5.26 Å². The van der Waals surface area contributed by atoms with Gasteiger partial charge in [-0.25, -0.2) is 4.39 Å². The molecule has 0 aliphatic carbocycles. The molecular formula is C9H7FN2O. The molecule has 1 amide bonds. The van der Waals surface area contributed by atoms with Crippen LogP contribution in [0.25, 0.3) is 0 Å². The zero-order valence-corrected chi connectivity index (χ0v) is 6.75. The maximum absolute atomic E-state index is 12.4. The van der Waals surface area contributed by atoms with Gasteiger partial charge in [0.15, 0.2) is 6.07 Å². The fourth-order valence-corrected chi connectivity index (χ4v) is 0.824. The lowest BCUT2D eigenvalue weighted by Crippen LogP contribution is -2.20. The first-order valence-electron chi connectivity index (χ1n) is 3.65. The second-order valence-corrected chi connectivity index (χ2v) is 2.42. The molecule has 13 heavy (non-hydrogen) atoms. The third kappa shape index (κ3) is 2.91. The third-order valence-electron chi connectivity index (χ3n) is 1.47. The largest absolute Gasteiger partial charge is 0.339 e. The van der Waals surface area contributed by atoms with E-state index in [2.05, 4.69) is 5.32 Å². The molecular weight excluding hydrogens is 171 g/mol. The van der Waals surface area contributed by atoms with Crippen molar-refractivity contribution in [2.75, 3.05) is 0 Å². The Labute approximate surface area is 74.8 Å². The van der Waals surface area contributed by atoms with Gasteiger partial charge < -0.3 is 5.32 Å². The van der Waals surface area contributed by atoms with Gasteiger partial charge in [-0.1, -0.05) is 12.1 Å². The molecule has 0 aromatic heterocycles. The predicted molar refractivity (Wildman–Crippen MR) is 43.9 cm³/mol. The minimum atomic E-state index is -0.690. The Morgan fingerprint density at radius 2 is 2.08 bits per heavy atom. The molecule has 0 unspecified atom stereocenters. The van der Waals surface area contributed by atoms with Crippen LogP contribution in [0.15, 0.2) is 24.3 Å². The van der Waals surface area contributed by atoms with E-state index in [1.807, 2.05) is 0 Å². The van der Waals surface area contributed by atoms with Crippen molar-refractivity contribution in [1.82, 2.24) is 5.32 Å². The quantitative estimate of drug-likeness (QED) is 0.686. The topological polar surface area (TPSA) is 52.9 Å². The molecule has 0 spiro atoms. The Balaban J connectivity index is 2.52. The standard InChI is InChI=1S/C9H7FN2O/c10-8-3-1-7(2-4-8)6-12-9(13)5-11/h1-4H,6H2,(H,12,13). The number of nitrogens with one attached hydrogen (secondary N) is 1. The summed E-state index contributed by atoms with van der Waals surface area (Å²) < 4.78 is 12.4. The summed E-state index contributed by atoms with van der Waals surface area (Å²) in [6.45, 7) is 0.243. The summed E-state index contributed by atoms with van der Waals surface area (Å²) in [5.74, 6) is -1.01. The van der Waals surface area contributed by atoms with E-state index in [1.165, 1.54) is 18.2 Å². The maximum atomic E-state index is 12.4. The van der Waals surface area contributed by atoms with Crippen molar-refractivity contribution in [3.8, 4) is 6.07 Å². The number of carbonyl (C=O) groups excluding carboxylic acids is 1. The van der Waals surface area contributed by atoms with Gasteiger partial charge in [-0.3, -0.25) is 4.79 Å². The van der Waals surface area contributed by atoms with E-state index in [4.69, 9.17) is 5.26 Å². The Kier molecular flexibility index (Phi) is 2.98. The van der Waals surface area contributed by atoms with Gasteiger partial charge in [0.2, 0.25) is 0 Å². The second kappa shape index (κ2) is 4.21. The number of carbonyl (C=O) groups is 1. The molecule has 1 aromatic carbocycles. The van der Waals surface area contributed by atoms with Crippen LogP contribution < -0.4 is 5.32 Å². The van der Waals surface area contributed by atoms with Crippen LogP contribution in [-0.2, 0) is 11.3 Å². The minimum Gasteiger partial charge on any atom is -0.339 e. The van der Waals surface area contributed by atoms with Crippen LogP contribution in [0, 0.1) is 17.1 Å². The molecule has 1 aromatic rings. The van der Waals surface area contributed by atoms with Crippen molar-refractivity contribution in [3.05, 3.63) is 35.6 Å². The molecule has 0 saturated carbocycles. The van der Waals surface area contributed by atoms with Gasteiger partial charge in [-0.15, -0.1) is 0 Å². The van der Waals surface area contributed by atoms with Gasteiger partial charge in [0.1, 0.15) is 5.82 Å². The number of rotatable bonds is 2. The van der Waals surface area contributed by atoms with Crippen LogP contribution in [0.2, 0.25) is 0 Å². The third-order valence-corrected chi connectivity index (χ3v) is 1.47. The van der Waals surface area contributed by atoms with Crippen LogP contribution in [0.1, 0.15) is 5.56 Å². The summed E-state index contributed by atoms with van der Waals surface area (Å²) >= 11 is 0. The summed E-state index contributed by atoms with van der Waals surface area (Å²) in [6.07, 6.45) is 0. The molecule has 0 bridgehead atoms. The van der Waals surface area contributed by atoms with E-state index in [0.29, 0.717) is 0 Å². The fraction of sp³-hybridized carbons (Fsp3) is 0.111. The fourth-order valence-electron chi connectivity index (χ4n) is 0.824. The highest BCUT2D eigenvalue weighted by molar-refractivity contribution is 5.91. The molecule has 66 valence electrons. The number of amides is 1. The molecule has 1 rings (SSSR count). The average Bonchev–Trinajstić information content (AvgIpc) is 2.16. The minimum absolute atomic E-state index is 0.243. The summed E-state index contributed by atoms with van der Waals surface area (Å²) in [6, 6.07) is 7.12.